The van der Waals surface area contributed by atoms with Gasteiger partial charge in [0, 0.05) is 19.6 Å². The van der Waals surface area contributed by atoms with Gasteiger partial charge in [-0.25, -0.2) is 4.39 Å². The third kappa shape index (κ3) is 5.79. The van der Waals surface area contributed by atoms with E-state index in [1.165, 1.54) is 12.1 Å². The number of likely N-dealkylation sites (tertiary alicyclic amines) is 1. The van der Waals surface area contributed by atoms with Crippen LogP contribution in [0.25, 0.3) is 0 Å². The third-order valence-corrected chi connectivity index (χ3v) is 4.87. The topological polar surface area (TPSA) is 41.6 Å². The molecule has 0 bridgehead atoms. The molecule has 0 spiro atoms. The molecule has 0 radical (unpaired) electrons. The van der Waals surface area contributed by atoms with Gasteiger partial charge in [0.25, 0.3) is 0 Å². The van der Waals surface area contributed by atoms with Gasteiger partial charge in [-0.15, -0.1) is 0 Å². The summed E-state index contributed by atoms with van der Waals surface area (Å²) in [4.78, 5) is 14.9. The highest BCUT2D eigenvalue weighted by Crippen LogP contribution is 2.19. The third-order valence-electron chi connectivity index (χ3n) is 4.87. The zero-order valence-corrected chi connectivity index (χ0v) is 15.8. The molecule has 1 heterocycles. The van der Waals surface area contributed by atoms with Crippen molar-refractivity contribution in [1.29, 1.82) is 0 Å². The Morgan fingerprint density at radius 1 is 1.22 bits per heavy atom. The molecule has 3 rings (SSSR count). The number of carbonyl (C=O) groups excluding carboxylic acids is 1. The van der Waals surface area contributed by atoms with Crippen LogP contribution in [0.1, 0.15) is 30.9 Å². The van der Waals surface area contributed by atoms with Crippen LogP contribution in [-0.4, -0.2) is 30.5 Å². The molecule has 1 aliphatic rings. The lowest BCUT2D eigenvalue weighted by Crippen LogP contribution is -2.42. The van der Waals surface area contributed by atoms with Gasteiger partial charge in [-0.2, -0.15) is 0 Å². The maximum absolute atomic E-state index is 13.1. The molecule has 1 aliphatic heterocycles. The van der Waals surface area contributed by atoms with Gasteiger partial charge >= 0.3 is 0 Å². The van der Waals surface area contributed by atoms with Crippen LogP contribution in [0.3, 0.4) is 0 Å². The van der Waals surface area contributed by atoms with E-state index in [9.17, 15) is 9.18 Å². The molecule has 0 unspecified atom stereocenters. The smallest absolute Gasteiger partial charge is 0.224 e. The molecule has 144 valence electrons. The second-order valence-corrected chi connectivity index (χ2v) is 7.00. The SMILES string of the molecule is CCOc1cccc(CNC(=O)[C@@H]2CCCN(Cc3ccc(F)cc3)C2)c1. The Kier molecular flexibility index (Phi) is 6.82. The van der Waals surface area contributed by atoms with Crippen molar-refractivity contribution in [2.75, 3.05) is 19.7 Å². The molecule has 0 saturated carbocycles. The Balaban J connectivity index is 1.50. The van der Waals surface area contributed by atoms with Crippen LogP contribution in [0.4, 0.5) is 4.39 Å². The normalized spacial score (nSPS) is 17.5. The molecule has 27 heavy (non-hydrogen) atoms. The number of rotatable bonds is 7. The molecule has 1 N–H and O–H groups in total. The first-order valence-corrected chi connectivity index (χ1v) is 9.60. The quantitative estimate of drug-likeness (QED) is 0.807. The van der Waals surface area contributed by atoms with Crippen LogP contribution in [0.15, 0.2) is 48.5 Å². The van der Waals surface area contributed by atoms with Gasteiger partial charge in [-0.3, -0.25) is 9.69 Å². The van der Waals surface area contributed by atoms with Crippen LogP contribution in [-0.2, 0) is 17.9 Å². The number of halogens is 1. The van der Waals surface area contributed by atoms with E-state index in [0.717, 1.165) is 49.4 Å². The van der Waals surface area contributed by atoms with Crippen LogP contribution >= 0.6 is 0 Å². The Morgan fingerprint density at radius 2 is 2.04 bits per heavy atom. The van der Waals surface area contributed by atoms with Gasteiger partial charge < -0.3 is 10.1 Å². The lowest BCUT2D eigenvalue weighted by atomic mass is 9.96. The van der Waals surface area contributed by atoms with Crippen LogP contribution < -0.4 is 10.1 Å². The van der Waals surface area contributed by atoms with E-state index in [1.807, 2.05) is 43.3 Å². The number of amides is 1. The van der Waals surface area contributed by atoms with E-state index < -0.39 is 0 Å². The van der Waals surface area contributed by atoms with Gasteiger partial charge in [-0.05, 0) is 61.7 Å². The van der Waals surface area contributed by atoms with E-state index >= 15 is 0 Å². The zero-order chi connectivity index (χ0) is 19.1. The predicted molar refractivity (Wildman–Crippen MR) is 104 cm³/mol. The summed E-state index contributed by atoms with van der Waals surface area (Å²) in [6, 6.07) is 14.4. The van der Waals surface area contributed by atoms with Crippen LogP contribution in [0, 0.1) is 11.7 Å². The number of hydrogen-bond donors (Lipinski definition) is 1. The standard InChI is InChI=1S/C22H27FN2O2/c1-2-27-21-7-3-5-18(13-21)14-24-22(26)19-6-4-12-25(16-19)15-17-8-10-20(23)11-9-17/h3,5,7-11,13,19H,2,4,6,12,14-16H2,1H3,(H,24,26)/t19-/m1/s1. The van der Waals surface area contributed by atoms with Crippen molar-refractivity contribution in [3.05, 3.63) is 65.5 Å². The number of nitrogens with one attached hydrogen (secondary N) is 1. The number of ether oxygens (including phenoxy) is 1. The summed E-state index contributed by atoms with van der Waals surface area (Å²) in [6.45, 7) is 5.55. The monoisotopic (exact) mass is 370 g/mol. The van der Waals surface area contributed by atoms with Gasteiger partial charge in [-0.1, -0.05) is 24.3 Å². The molecule has 1 fully saturated rings. The number of carbonyl (C=O) groups is 1. The second-order valence-electron chi connectivity index (χ2n) is 7.00. The minimum atomic E-state index is -0.219. The van der Waals surface area contributed by atoms with Crippen molar-refractivity contribution in [3.63, 3.8) is 0 Å². The van der Waals surface area contributed by atoms with E-state index in [4.69, 9.17) is 4.74 Å². The van der Waals surface area contributed by atoms with Crippen molar-refractivity contribution in [2.45, 2.75) is 32.9 Å². The number of benzene rings is 2. The summed E-state index contributed by atoms with van der Waals surface area (Å²) in [7, 11) is 0. The van der Waals surface area contributed by atoms with Crippen molar-refractivity contribution in [3.8, 4) is 5.75 Å². The molecule has 2 aromatic carbocycles. The Bertz CT molecular complexity index is 748. The summed E-state index contributed by atoms with van der Waals surface area (Å²) >= 11 is 0. The first-order valence-electron chi connectivity index (χ1n) is 9.60. The fourth-order valence-electron chi connectivity index (χ4n) is 3.51. The molecular formula is C22H27FN2O2. The lowest BCUT2D eigenvalue weighted by molar-refractivity contribution is -0.126. The highest BCUT2D eigenvalue weighted by Gasteiger charge is 2.25. The molecule has 5 heteroatoms. The van der Waals surface area contributed by atoms with E-state index in [0.29, 0.717) is 13.2 Å². The maximum atomic E-state index is 13.1. The molecule has 1 saturated heterocycles. The summed E-state index contributed by atoms with van der Waals surface area (Å²) in [5.41, 5.74) is 2.11. The minimum Gasteiger partial charge on any atom is -0.494 e. The summed E-state index contributed by atoms with van der Waals surface area (Å²) in [5.74, 6) is 0.699. The molecule has 1 amide bonds. The molecule has 0 aromatic heterocycles. The van der Waals surface area contributed by atoms with Gasteiger partial charge in [0.15, 0.2) is 0 Å². The number of piperidine rings is 1. The number of nitrogens with zero attached hydrogens (tertiary/aromatic N) is 1. The van der Waals surface area contributed by atoms with Crippen LogP contribution in [0.5, 0.6) is 5.75 Å². The minimum absolute atomic E-state index is 0.00530. The average Bonchev–Trinajstić information content (AvgIpc) is 2.69. The predicted octanol–water partition coefficient (Wildman–Crippen LogP) is 3.75. The molecule has 2 aromatic rings. The Labute approximate surface area is 160 Å². The van der Waals surface area contributed by atoms with Gasteiger partial charge in [0.2, 0.25) is 5.91 Å². The molecule has 4 nitrogen and oxygen atoms in total. The Morgan fingerprint density at radius 3 is 2.81 bits per heavy atom. The lowest BCUT2D eigenvalue weighted by Gasteiger charge is -2.32. The highest BCUT2D eigenvalue weighted by atomic mass is 19.1. The fraction of sp³-hybridized carbons (Fsp3) is 0.409. The summed E-state index contributed by atoms with van der Waals surface area (Å²) < 4.78 is 18.6. The zero-order valence-electron chi connectivity index (χ0n) is 15.8. The van der Waals surface area contributed by atoms with Gasteiger partial charge in [0.05, 0.1) is 12.5 Å². The summed E-state index contributed by atoms with van der Waals surface area (Å²) in [5, 5.41) is 3.06. The van der Waals surface area contributed by atoms with E-state index in [-0.39, 0.29) is 17.6 Å². The van der Waals surface area contributed by atoms with Crippen molar-refractivity contribution in [1.82, 2.24) is 10.2 Å². The summed E-state index contributed by atoms with van der Waals surface area (Å²) in [6.07, 6.45) is 1.91. The molecular weight excluding hydrogens is 343 g/mol. The van der Waals surface area contributed by atoms with Crippen molar-refractivity contribution < 1.29 is 13.9 Å². The van der Waals surface area contributed by atoms with Crippen LogP contribution in [0.2, 0.25) is 0 Å². The van der Waals surface area contributed by atoms with Crippen molar-refractivity contribution in [2.24, 2.45) is 5.92 Å². The fourth-order valence-corrected chi connectivity index (χ4v) is 3.51. The first-order chi connectivity index (χ1) is 13.1. The average molecular weight is 370 g/mol. The largest absolute Gasteiger partial charge is 0.494 e. The van der Waals surface area contributed by atoms with E-state index in [2.05, 4.69) is 10.2 Å². The molecule has 0 aliphatic carbocycles. The number of hydrogen-bond acceptors (Lipinski definition) is 3. The second kappa shape index (κ2) is 9.51. The maximum Gasteiger partial charge on any atom is 0.224 e. The highest BCUT2D eigenvalue weighted by molar-refractivity contribution is 5.79. The Hall–Kier alpha value is -2.40. The first kappa shape index (κ1) is 19.4. The van der Waals surface area contributed by atoms with Crippen molar-refractivity contribution >= 4 is 5.91 Å². The molecule has 1 atom stereocenters. The van der Waals surface area contributed by atoms with Gasteiger partial charge in [0.1, 0.15) is 11.6 Å². The van der Waals surface area contributed by atoms with E-state index in [1.54, 1.807) is 0 Å².